The SMILES string of the molecule is NC1CC2CCC(c3cnccn3)(C1)N2. The van der Waals surface area contributed by atoms with E-state index in [1.807, 2.05) is 6.20 Å². The molecule has 3 heterocycles. The van der Waals surface area contributed by atoms with Gasteiger partial charge in [0.1, 0.15) is 0 Å². The average Bonchev–Trinajstić information content (AvgIpc) is 2.57. The molecule has 80 valence electrons. The van der Waals surface area contributed by atoms with Crippen LogP contribution in [0.3, 0.4) is 0 Å². The number of hydrogen-bond donors (Lipinski definition) is 2. The topological polar surface area (TPSA) is 63.8 Å². The lowest BCUT2D eigenvalue weighted by molar-refractivity contribution is 0.247. The van der Waals surface area contributed by atoms with Crippen molar-refractivity contribution < 1.29 is 0 Å². The van der Waals surface area contributed by atoms with Crippen molar-refractivity contribution in [3.8, 4) is 0 Å². The van der Waals surface area contributed by atoms with Gasteiger partial charge < -0.3 is 11.1 Å². The van der Waals surface area contributed by atoms with Gasteiger partial charge in [-0.05, 0) is 25.7 Å². The maximum absolute atomic E-state index is 6.09. The highest BCUT2D eigenvalue weighted by molar-refractivity contribution is 5.18. The molecule has 15 heavy (non-hydrogen) atoms. The standard InChI is InChI=1S/C11H16N4/c12-8-5-9-1-2-11(6-8,15-9)10-7-13-3-4-14-10/h3-4,7-9,15H,1-2,5-6,12H2. The number of rotatable bonds is 1. The van der Waals surface area contributed by atoms with E-state index in [9.17, 15) is 0 Å². The fraction of sp³-hybridized carbons (Fsp3) is 0.636. The quantitative estimate of drug-likeness (QED) is 0.701. The summed E-state index contributed by atoms with van der Waals surface area (Å²) in [7, 11) is 0. The van der Waals surface area contributed by atoms with Gasteiger partial charge in [0, 0.05) is 24.5 Å². The van der Waals surface area contributed by atoms with Crippen LogP contribution in [0.2, 0.25) is 0 Å². The van der Waals surface area contributed by atoms with Crippen molar-refractivity contribution in [1.29, 1.82) is 0 Å². The van der Waals surface area contributed by atoms with Crippen molar-refractivity contribution in [2.75, 3.05) is 0 Å². The molecule has 0 aliphatic carbocycles. The summed E-state index contributed by atoms with van der Waals surface area (Å²) in [6, 6.07) is 0.886. The van der Waals surface area contributed by atoms with Crippen LogP contribution in [0.15, 0.2) is 18.6 Å². The highest BCUT2D eigenvalue weighted by Crippen LogP contribution is 2.41. The molecule has 3 N–H and O–H groups in total. The molecule has 0 saturated carbocycles. The van der Waals surface area contributed by atoms with Gasteiger partial charge in [-0.1, -0.05) is 0 Å². The fourth-order valence-electron chi connectivity index (χ4n) is 3.04. The first kappa shape index (κ1) is 9.24. The molecule has 4 nitrogen and oxygen atoms in total. The number of nitrogens with two attached hydrogens (primary N) is 1. The van der Waals surface area contributed by atoms with Gasteiger partial charge in [0.25, 0.3) is 0 Å². The van der Waals surface area contributed by atoms with E-state index in [0.29, 0.717) is 12.1 Å². The van der Waals surface area contributed by atoms with E-state index in [1.165, 1.54) is 6.42 Å². The van der Waals surface area contributed by atoms with Crippen molar-refractivity contribution in [1.82, 2.24) is 15.3 Å². The minimum atomic E-state index is 0.0105. The molecule has 1 aromatic heterocycles. The molecule has 0 radical (unpaired) electrons. The summed E-state index contributed by atoms with van der Waals surface area (Å²) in [6.07, 6.45) is 9.79. The summed E-state index contributed by atoms with van der Waals surface area (Å²) in [4.78, 5) is 8.58. The molecule has 2 fully saturated rings. The van der Waals surface area contributed by atoms with Gasteiger partial charge in [0.15, 0.2) is 0 Å². The van der Waals surface area contributed by atoms with E-state index in [0.717, 1.165) is 25.0 Å². The van der Waals surface area contributed by atoms with Gasteiger partial charge in [-0.25, -0.2) is 0 Å². The lowest BCUT2D eigenvalue weighted by Crippen LogP contribution is -2.51. The molecular formula is C11H16N4. The number of piperidine rings is 1. The third-order valence-corrected chi connectivity index (χ3v) is 3.65. The molecule has 3 unspecified atom stereocenters. The van der Waals surface area contributed by atoms with Gasteiger partial charge in [-0.15, -0.1) is 0 Å². The second-order valence-electron chi connectivity index (χ2n) is 4.75. The van der Waals surface area contributed by atoms with Crippen molar-refractivity contribution in [2.24, 2.45) is 5.73 Å². The van der Waals surface area contributed by atoms with Crippen LogP contribution in [-0.2, 0) is 5.54 Å². The number of fused-ring (bicyclic) bond motifs is 2. The van der Waals surface area contributed by atoms with Gasteiger partial charge in [0.2, 0.25) is 0 Å². The molecule has 0 amide bonds. The number of aromatic nitrogens is 2. The largest absolute Gasteiger partial charge is 0.328 e. The highest BCUT2D eigenvalue weighted by atomic mass is 15.1. The maximum atomic E-state index is 6.09. The van der Waals surface area contributed by atoms with Crippen LogP contribution >= 0.6 is 0 Å². The van der Waals surface area contributed by atoms with E-state index in [1.54, 1.807) is 12.4 Å². The lowest BCUT2D eigenvalue weighted by Gasteiger charge is -2.37. The summed E-state index contributed by atoms with van der Waals surface area (Å²) in [5.74, 6) is 0. The molecule has 0 spiro atoms. The number of nitrogens with one attached hydrogen (secondary N) is 1. The second kappa shape index (κ2) is 3.25. The van der Waals surface area contributed by atoms with Crippen LogP contribution in [0, 0.1) is 0 Å². The molecule has 1 aromatic rings. The molecule has 0 aromatic carbocycles. The molecular weight excluding hydrogens is 188 g/mol. The molecule has 2 aliphatic heterocycles. The third kappa shape index (κ3) is 1.44. The van der Waals surface area contributed by atoms with Gasteiger partial charge in [-0.3, -0.25) is 9.97 Å². The smallest absolute Gasteiger partial charge is 0.0788 e. The van der Waals surface area contributed by atoms with Gasteiger partial charge in [-0.2, -0.15) is 0 Å². The second-order valence-corrected chi connectivity index (χ2v) is 4.75. The normalized spacial score (nSPS) is 39.3. The number of nitrogens with zero attached hydrogens (tertiary/aromatic N) is 2. The molecule has 3 rings (SSSR count). The maximum Gasteiger partial charge on any atom is 0.0788 e. The Hall–Kier alpha value is -1.00. The predicted octanol–water partition coefficient (Wildman–Crippen LogP) is 0.545. The average molecular weight is 204 g/mol. The number of hydrogen-bond acceptors (Lipinski definition) is 4. The Balaban J connectivity index is 1.97. The monoisotopic (exact) mass is 204 g/mol. The van der Waals surface area contributed by atoms with E-state index < -0.39 is 0 Å². The Labute approximate surface area is 89.3 Å². The molecule has 3 atom stereocenters. The molecule has 2 saturated heterocycles. The summed E-state index contributed by atoms with van der Waals surface area (Å²) in [6.45, 7) is 0. The van der Waals surface area contributed by atoms with Crippen LogP contribution in [-0.4, -0.2) is 22.1 Å². The van der Waals surface area contributed by atoms with E-state index in [2.05, 4.69) is 15.3 Å². The fourth-order valence-corrected chi connectivity index (χ4v) is 3.04. The summed E-state index contributed by atoms with van der Waals surface area (Å²) in [5, 5.41) is 3.67. The van der Waals surface area contributed by atoms with Crippen molar-refractivity contribution >= 4 is 0 Å². The van der Waals surface area contributed by atoms with Crippen LogP contribution in [0.1, 0.15) is 31.4 Å². The van der Waals surface area contributed by atoms with Crippen molar-refractivity contribution in [3.05, 3.63) is 24.3 Å². The zero-order valence-electron chi connectivity index (χ0n) is 8.69. The zero-order valence-corrected chi connectivity index (χ0v) is 8.69. The minimum absolute atomic E-state index is 0.0105. The van der Waals surface area contributed by atoms with Crippen molar-refractivity contribution in [3.63, 3.8) is 0 Å². The van der Waals surface area contributed by atoms with Crippen LogP contribution in [0.25, 0.3) is 0 Å². The third-order valence-electron chi connectivity index (χ3n) is 3.65. The van der Waals surface area contributed by atoms with Gasteiger partial charge in [0.05, 0.1) is 17.4 Å². The Bertz CT molecular complexity index is 353. The lowest BCUT2D eigenvalue weighted by atomic mass is 9.85. The van der Waals surface area contributed by atoms with E-state index in [4.69, 9.17) is 5.73 Å². The Morgan fingerprint density at radius 3 is 3.20 bits per heavy atom. The van der Waals surface area contributed by atoms with Crippen LogP contribution < -0.4 is 11.1 Å². The Morgan fingerprint density at radius 1 is 1.47 bits per heavy atom. The van der Waals surface area contributed by atoms with E-state index in [-0.39, 0.29) is 5.54 Å². The van der Waals surface area contributed by atoms with Crippen LogP contribution in [0.5, 0.6) is 0 Å². The molecule has 4 heteroatoms. The van der Waals surface area contributed by atoms with Crippen molar-refractivity contribution in [2.45, 2.75) is 43.3 Å². The predicted molar refractivity (Wildman–Crippen MR) is 57.1 cm³/mol. The first-order valence-electron chi connectivity index (χ1n) is 5.58. The van der Waals surface area contributed by atoms with Crippen LogP contribution in [0.4, 0.5) is 0 Å². The molecule has 2 aliphatic rings. The molecule has 2 bridgehead atoms. The van der Waals surface area contributed by atoms with Gasteiger partial charge >= 0.3 is 0 Å². The first-order chi connectivity index (χ1) is 7.28. The summed E-state index contributed by atoms with van der Waals surface area (Å²) >= 11 is 0. The minimum Gasteiger partial charge on any atom is -0.328 e. The Morgan fingerprint density at radius 2 is 2.40 bits per heavy atom. The first-order valence-corrected chi connectivity index (χ1v) is 5.58. The zero-order chi connectivity index (χ0) is 10.3. The Kier molecular flexibility index (Phi) is 2.00. The highest BCUT2D eigenvalue weighted by Gasteiger charge is 2.46. The van der Waals surface area contributed by atoms with E-state index >= 15 is 0 Å². The summed E-state index contributed by atoms with van der Waals surface area (Å²) < 4.78 is 0. The summed E-state index contributed by atoms with van der Waals surface area (Å²) in [5.41, 5.74) is 7.16.